The Morgan fingerprint density at radius 3 is 2.28 bits per heavy atom. The molecule has 1 unspecified atom stereocenters. The number of sulfone groups is 1. The van der Waals surface area contributed by atoms with Crippen LogP contribution in [-0.4, -0.2) is 20.2 Å². The van der Waals surface area contributed by atoms with Crippen LogP contribution in [0.1, 0.15) is 31.4 Å². The van der Waals surface area contributed by atoms with Crippen molar-refractivity contribution in [3.8, 4) is 0 Å². The fraction of sp³-hybridized carbons (Fsp3) is 0.538. The smallest absolute Gasteiger partial charge is 0.178 e. The summed E-state index contributed by atoms with van der Waals surface area (Å²) < 4.78 is 23.4. The Bertz CT molecular complexity index is 504. The molecule has 0 spiro atoms. The van der Waals surface area contributed by atoms with E-state index in [0.29, 0.717) is 10.8 Å². The third-order valence-corrected chi connectivity index (χ3v) is 5.47. The van der Waals surface area contributed by atoms with E-state index in [1.165, 1.54) is 0 Å². The lowest BCUT2D eigenvalue weighted by atomic mass is 9.74. The molecule has 1 saturated carbocycles. The summed E-state index contributed by atoms with van der Waals surface area (Å²) in [6.07, 6.45) is 1.91. The Hall–Kier alpha value is -0.910. The van der Waals surface area contributed by atoms with Crippen molar-refractivity contribution in [2.75, 3.05) is 5.75 Å². The monoisotopic (exact) mass is 268 g/mol. The molecular weight excluding hydrogens is 248 g/mol. The first-order valence-corrected chi connectivity index (χ1v) is 7.93. The van der Waals surface area contributed by atoms with Gasteiger partial charge in [0, 0.05) is 12.1 Å². The average Bonchev–Trinajstić information content (AvgIpc) is 2.34. The minimum absolute atomic E-state index is 0.0387. The van der Waals surface area contributed by atoms with Gasteiger partial charge in [0.2, 0.25) is 0 Å². The highest BCUT2D eigenvalue weighted by Crippen LogP contribution is 2.35. The molecule has 1 aliphatic carbocycles. The first kappa shape index (κ1) is 13.5. The van der Waals surface area contributed by atoms with Crippen molar-refractivity contribution in [1.29, 1.82) is 0 Å². The zero-order valence-corrected chi connectivity index (χ0v) is 11.4. The highest BCUT2D eigenvalue weighted by molar-refractivity contribution is 7.91. The zero-order valence-electron chi connectivity index (χ0n) is 10.5. The van der Waals surface area contributed by atoms with E-state index in [0.717, 1.165) is 18.4 Å². The molecular formula is C13H20N2O2S. The van der Waals surface area contributed by atoms with Gasteiger partial charge in [0.05, 0.1) is 10.6 Å². The van der Waals surface area contributed by atoms with Crippen molar-refractivity contribution in [2.45, 2.75) is 36.7 Å². The number of hydrogen-bond acceptors (Lipinski definition) is 4. The summed E-state index contributed by atoms with van der Waals surface area (Å²) in [5.74, 6) is 0.546. The van der Waals surface area contributed by atoms with Crippen molar-refractivity contribution in [3.05, 3.63) is 29.8 Å². The lowest BCUT2D eigenvalue weighted by Gasteiger charge is -2.36. The summed E-state index contributed by atoms with van der Waals surface area (Å²) in [5, 5.41) is 0. The Morgan fingerprint density at radius 2 is 1.83 bits per heavy atom. The molecule has 0 radical (unpaired) electrons. The third-order valence-electron chi connectivity index (χ3n) is 3.72. The minimum Gasteiger partial charge on any atom is -0.328 e. The highest BCUT2D eigenvalue weighted by atomic mass is 32.2. The Morgan fingerprint density at radius 1 is 1.28 bits per heavy atom. The normalized spacial score (nSPS) is 25.5. The highest BCUT2D eigenvalue weighted by Gasteiger charge is 2.31. The van der Waals surface area contributed by atoms with Gasteiger partial charge in [0.25, 0.3) is 0 Å². The van der Waals surface area contributed by atoms with Crippen molar-refractivity contribution >= 4 is 9.84 Å². The molecule has 4 N–H and O–H groups in total. The van der Waals surface area contributed by atoms with Gasteiger partial charge in [0.15, 0.2) is 9.84 Å². The van der Waals surface area contributed by atoms with Crippen LogP contribution in [0.3, 0.4) is 0 Å². The third kappa shape index (κ3) is 2.58. The molecule has 1 fully saturated rings. The first-order chi connectivity index (χ1) is 8.44. The molecule has 0 aliphatic heterocycles. The Labute approximate surface area is 108 Å². The van der Waals surface area contributed by atoms with Gasteiger partial charge in [-0.25, -0.2) is 8.42 Å². The second kappa shape index (κ2) is 4.99. The van der Waals surface area contributed by atoms with Crippen LogP contribution < -0.4 is 11.5 Å². The number of rotatable bonds is 4. The summed E-state index contributed by atoms with van der Waals surface area (Å²) >= 11 is 0. The van der Waals surface area contributed by atoms with Crippen molar-refractivity contribution in [3.63, 3.8) is 0 Å². The molecule has 0 bridgehead atoms. The molecule has 100 valence electrons. The standard InChI is InChI=1S/C13H20N2O2S/c1-2-18(16,17)12-5-3-9(4-6-12)13(15)10-7-11(14)8-10/h3-6,10-11,13H,2,7-8,14-15H2,1H3. The molecule has 4 nitrogen and oxygen atoms in total. The summed E-state index contributed by atoms with van der Waals surface area (Å²) in [5.41, 5.74) is 12.9. The summed E-state index contributed by atoms with van der Waals surface area (Å²) in [6, 6.07) is 7.16. The second-order valence-corrected chi connectivity index (χ2v) is 7.27. The Balaban J connectivity index is 2.13. The van der Waals surface area contributed by atoms with E-state index in [-0.39, 0.29) is 17.8 Å². The van der Waals surface area contributed by atoms with Crippen molar-refractivity contribution < 1.29 is 8.42 Å². The van der Waals surface area contributed by atoms with Gasteiger partial charge in [-0.05, 0) is 36.5 Å². The largest absolute Gasteiger partial charge is 0.328 e. The molecule has 1 aromatic rings. The maximum absolute atomic E-state index is 11.7. The van der Waals surface area contributed by atoms with E-state index in [1.54, 1.807) is 19.1 Å². The molecule has 1 aliphatic rings. The SMILES string of the molecule is CCS(=O)(=O)c1ccc(C(N)C2CC(N)C2)cc1. The van der Waals surface area contributed by atoms with Gasteiger partial charge in [-0.1, -0.05) is 19.1 Å². The van der Waals surface area contributed by atoms with E-state index >= 15 is 0 Å². The summed E-state index contributed by atoms with van der Waals surface area (Å²) in [6.45, 7) is 1.64. The second-order valence-electron chi connectivity index (χ2n) is 4.99. The predicted octanol–water partition coefficient (Wildman–Crippen LogP) is 1.22. The molecule has 1 aromatic carbocycles. The van der Waals surface area contributed by atoms with Crippen LogP contribution in [0.5, 0.6) is 0 Å². The first-order valence-electron chi connectivity index (χ1n) is 6.28. The van der Waals surface area contributed by atoms with E-state index < -0.39 is 9.84 Å². The molecule has 0 amide bonds. The number of hydrogen-bond donors (Lipinski definition) is 2. The molecule has 5 heteroatoms. The van der Waals surface area contributed by atoms with Gasteiger partial charge < -0.3 is 11.5 Å². The molecule has 18 heavy (non-hydrogen) atoms. The number of nitrogens with two attached hydrogens (primary N) is 2. The predicted molar refractivity (Wildman–Crippen MR) is 71.8 cm³/mol. The van der Waals surface area contributed by atoms with E-state index in [4.69, 9.17) is 11.5 Å². The maximum atomic E-state index is 11.7. The van der Waals surface area contributed by atoms with Crippen LogP contribution >= 0.6 is 0 Å². The quantitative estimate of drug-likeness (QED) is 0.859. The van der Waals surface area contributed by atoms with Crippen LogP contribution in [0.4, 0.5) is 0 Å². The van der Waals surface area contributed by atoms with E-state index in [2.05, 4.69) is 0 Å². The topological polar surface area (TPSA) is 86.2 Å². The van der Waals surface area contributed by atoms with Crippen LogP contribution in [0.2, 0.25) is 0 Å². The Kier molecular flexibility index (Phi) is 3.75. The van der Waals surface area contributed by atoms with Gasteiger partial charge in [-0.2, -0.15) is 0 Å². The zero-order chi connectivity index (χ0) is 13.3. The average molecular weight is 268 g/mol. The van der Waals surface area contributed by atoms with Gasteiger partial charge in [-0.15, -0.1) is 0 Å². The lowest BCUT2D eigenvalue weighted by molar-refractivity contribution is 0.224. The summed E-state index contributed by atoms with van der Waals surface area (Å²) in [4.78, 5) is 0.367. The molecule has 0 heterocycles. The van der Waals surface area contributed by atoms with Gasteiger partial charge >= 0.3 is 0 Å². The molecule has 0 aromatic heterocycles. The van der Waals surface area contributed by atoms with Crippen molar-refractivity contribution in [2.24, 2.45) is 17.4 Å². The molecule has 0 saturated heterocycles. The maximum Gasteiger partial charge on any atom is 0.178 e. The summed E-state index contributed by atoms with van der Waals surface area (Å²) in [7, 11) is -3.12. The molecule has 2 rings (SSSR count). The van der Waals surface area contributed by atoms with Crippen LogP contribution in [0.25, 0.3) is 0 Å². The van der Waals surface area contributed by atoms with E-state index in [1.807, 2.05) is 12.1 Å². The fourth-order valence-corrected chi connectivity index (χ4v) is 3.22. The van der Waals surface area contributed by atoms with E-state index in [9.17, 15) is 8.42 Å². The van der Waals surface area contributed by atoms with Crippen molar-refractivity contribution in [1.82, 2.24) is 0 Å². The fourth-order valence-electron chi connectivity index (χ4n) is 2.34. The van der Waals surface area contributed by atoms with Crippen LogP contribution in [0.15, 0.2) is 29.2 Å². The molecule has 1 atom stereocenters. The number of benzene rings is 1. The van der Waals surface area contributed by atoms with Crippen LogP contribution in [-0.2, 0) is 9.84 Å². The van der Waals surface area contributed by atoms with Crippen LogP contribution in [0, 0.1) is 5.92 Å². The minimum atomic E-state index is -3.12. The lowest BCUT2D eigenvalue weighted by Crippen LogP contribution is -2.41. The van der Waals surface area contributed by atoms with Gasteiger partial charge in [-0.3, -0.25) is 0 Å². The van der Waals surface area contributed by atoms with Gasteiger partial charge in [0.1, 0.15) is 0 Å².